The third-order valence-electron chi connectivity index (χ3n) is 1.53. The molecule has 1 atom stereocenters. The first-order chi connectivity index (χ1) is 7.26. The maximum absolute atomic E-state index is 11.0. The van der Waals surface area contributed by atoms with Gasteiger partial charge in [0.25, 0.3) is 0 Å². The number of carbonyl (C=O) groups excluding carboxylic acids is 1. The summed E-state index contributed by atoms with van der Waals surface area (Å²) in [5.74, 6) is 0.614. The lowest BCUT2D eigenvalue weighted by atomic mass is 10.5. The van der Waals surface area contributed by atoms with Gasteiger partial charge in [0.2, 0.25) is 0 Å². The van der Waals surface area contributed by atoms with E-state index in [4.69, 9.17) is 4.74 Å². The van der Waals surface area contributed by atoms with Crippen molar-refractivity contribution in [1.29, 1.82) is 0 Å². The molecule has 7 heteroatoms. The van der Waals surface area contributed by atoms with Crippen molar-refractivity contribution >= 4 is 46.1 Å². The van der Waals surface area contributed by atoms with Gasteiger partial charge in [-0.25, -0.2) is 4.45 Å². The van der Waals surface area contributed by atoms with Crippen molar-refractivity contribution in [3.8, 4) is 0 Å². The number of thioether (sulfide) groups is 1. The van der Waals surface area contributed by atoms with Crippen LogP contribution in [0.1, 0.15) is 13.3 Å². The zero-order valence-corrected chi connectivity index (χ0v) is 12.2. The average molecular weight is 358 g/mol. The summed E-state index contributed by atoms with van der Waals surface area (Å²) in [6, 6.07) is 0. The number of nitrogens with zero attached hydrogens (tertiary/aromatic N) is 2. The minimum Gasteiger partial charge on any atom is -0.466 e. The van der Waals surface area contributed by atoms with E-state index in [0.29, 0.717) is 19.4 Å². The first-order valence-electron chi connectivity index (χ1n) is 4.46. The van der Waals surface area contributed by atoms with E-state index < -0.39 is 0 Å². The molecule has 4 nitrogen and oxygen atoms in total. The Morgan fingerprint density at radius 2 is 2.60 bits per heavy atom. The second-order valence-electron chi connectivity index (χ2n) is 2.61. The average Bonchev–Trinajstić information content (AvgIpc) is 2.66. The second kappa shape index (κ2) is 7.46. The topological polar surface area (TPSA) is 44.1 Å². The van der Waals surface area contributed by atoms with Crippen LogP contribution >= 0.6 is 40.2 Å². The van der Waals surface area contributed by atoms with Crippen LogP contribution < -0.4 is 0 Å². The predicted octanol–water partition coefficient (Wildman–Crippen LogP) is 2.72. The van der Waals surface area contributed by atoms with E-state index in [1.165, 1.54) is 0 Å². The van der Waals surface area contributed by atoms with E-state index in [9.17, 15) is 4.79 Å². The highest BCUT2D eigenvalue weighted by molar-refractivity contribution is 14.2. The Labute approximate surface area is 108 Å². The Hall–Kier alpha value is 0.190. The molecule has 0 spiro atoms. The summed E-state index contributed by atoms with van der Waals surface area (Å²) in [7, 11) is 0. The van der Waals surface area contributed by atoms with Gasteiger partial charge < -0.3 is 4.74 Å². The van der Waals surface area contributed by atoms with Gasteiger partial charge in [-0.1, -0.05) is 0 Å². The van der Waals surface area contributed by atoms with Crippen molar-refractivity contribution in [3.63, 3.8) is 0 Å². The fraction of sp³-hybridized carbons (Fsp3) is 0.500. The first kappa shape index (κ1) is 13.3. The van der Waals surface area contributed by atoms with Crippen LogP contribution in [0.5, 0.6) is 0 Å². The number of carbonyl (C=O) groups is 1. The monoisotopic (exact) mass is 358 g/mol. The van der Waals surface area contributed by atoms with Crippen LogP contribution in [0.3, 0.4) is 0 Å². The molecule has 0 aliphatic heterocycles. The Bertz CT molecular complexity index is 321. The minimum atomic E-state index is -0.131. The maximum atomic E-state index is 11.0. The van der Waals surface area contributed by atoms with E-state index in [1.54, 1.807) is 11.8 Å². The molecule has 84 valence electrons. The van der Waals surface area contributed by atoms with Gasteiger partial charge in [0.1, 0.15) is 0 Å². The summed E-state index contributed by atoms with van der Waals surface area (Å²) >= 11 is 3.90. The Balaban J connectivity index is 2.22. The number of halogens is 1. The number of ether oxygens (including phenoxy) is 1. The molecule has 1 heterocycles. The van der Waals surface area contributed by atoms with Gasteiger partial charge in [0, 0.05) is 16.8 Å². The van der Waals surface area contributed by atoms with Crippen LogP contribution in [0.25, 0.3) is 0 Å². The zero-order chi connectivity index (χ0) is 11.1. The quantitative estimate of drug-likeness (QED) is 0.340. The van der Waals surface area contributed by atoms with Crippen molar-refractivity contribution in [3.05, 3.63) is 12.4 Å². The molecule has 1 unspecified atom stereocenters. The lowest BCUT2D eigenvalue weighted by molar-refractivity contribution is -0.142. The molecule has 0 aliphatic rings. The predicted molar refractivity (Wildman–Crippen MR) is 71.9 cm³/mol. The summed E-state index contributed by atoms with van der Waals surface area (Å²) in [4.78, 5) is 12.1. The summed E-state index contributed by atoms with van der Waals surface area (Å²) in [6.45, 7) is 2.27. The lowest BCUT2D eigenvalue weighted by Crippen LogP contribution is -2.04. The number of hydrogen-bond acceptors (Lipinski definition) is 4. The molecule has 0 fully saturated rings. The van der Waals surface area contributed by atoms with Gasteiger partial charge in [-0.15, -0.1) is 11.8 Å². The summed E-state index contributed by atoms with van der Waals surface area (Å²) in [5, 5.41) is 4.15. The third kappa shape index (κ3) is 5.17. The smallest absolute Gasteiger partial charge is 0.306 e. The molecule has 1 aromatic rings. The van der Waals surface area contributed by atoms with Crippen LogP contribution in [-0.2, 0) is 9.53 Å². The lowest BCUT2D eigenvalue weighted by Gasteiger charge is -1.99. The largest absolute Gasteiger partial charge is 0.466 e. The molecule has 1 rings (SSSR count). The van der Waals surface area contributed by atoms with Crippen molar-refractivity contribution in [2.45, 2.75) is 18.2 Å². The number of rotatable bonds is 6. The third-order valence-corrected chi connectivity index (χ3v) is 4.38. The number of aromatic nitrogens is 2. The summed E-state index contributed by atoms with van der Waals surface area (Å²) in [5.41, 5.74) is 0. The normalized spacial score (nSPS) is 11.1. The standard InChI is InChI=1S/C8H12IN2O2PS/c1-2-13-8(12)3-4-15-7-5-10-11(6-7)14-9/h5-6,14H,2-4H2,1H3. The molecule has 0 amide bonds. The van der Waals surface area contributed by atoms with Crippen LogP contribution in [-0.4, -0.2) is 27.9 Å². The molecule has 0 saturated carbocycles. The van der Waals surface area contributed by atoms with E-state index >= 15 is 0 Å². The highest BCUT2D eigenvalue weighted by atomic mass is 127. The summed E-state index contributed by atoms with van der Waals surface area (Å²) in [6.07, 6.45) is 4.88. The molecule has 1 aromatic heterocycles. The number of esters is 1. The Kier molecular flexibility index (Phi) is 6.59. The van der Waals surface area contributed by atoms with Crippen molar-refractivity contribution in [2.24, 2.45) is 0 Å². The van der Waals surface area contributed by atoms with Gasteiger partial charge in [-0.2, -0.15) is 5.10 Å². The van der Waals surface area contributed by atoms with Gasteiger partial charge >= 0.3 is 5.97 Å². The van der Waals surface area contributed by atoms with Crippen LogP contribution in [0.2, 0.25) is 0 Å². The maximum Gasteiger partial charge on any atom is 0.306 e. The molecular weight excluding hydrogens is 346 g/mol. The molecule has 0 saturated heterocycles. The summed E-state index contributed by atoms with van der Waals surface area (Å²) < 4.78 is 6.72. The van der Waals surface area contributed by atoms with Crippen molar-refractivity contribution < 1.29 is 9.53 Å². The fourth-order valence-electron chi connectivity index (χ4n) is 0.912. The molecule has 15 heavy (non-hydrogen) atoms. The SMILES string of the molecule is CCOC(=O)CCSc1cnn(PI)c1. The van der Waals surface area contributed by atoms with E-state index in [1.807, 2.05) is 23.8 Å². The Morgan fingerprint density at radius 3 is 3.20 bits per heavy atom. The van der Waals surface area contributed by atoms with Crippen LogP contribution in [0, 0.1) is 0 Å². The van der Waals surface area contributed by atoms with Gasteiger partial charge in [0.05, 0.1) is 25.6 Å². The highest BCUT2D eigenvalue weighted by Crippen LogP contribution is 2.26. The van der Waals surface area contributed by atoms with Crippen LogP contribution in [0.4, 0.5) is 0 Å². The van der Waals surface area contributed by atoms with Gasteiger partial charge in [-0.3, -0.25) is 4.79 Å². The molecule has 0 radical (unpaired) electrons. The first-order valence-corrected chi connectivity index (χ1v) is 9.50. The van der Waals surface area contributed by atoms with Crippen molar-refractivity contribution in [1.82, 2.24) is 9.55 Å². The molecular formula is C8H12IN2O2PS. The van der Waals surface area contributed by atoms with E-state index in [0.717, 1.165) is 10.6 Å². The molecule has 0 bridgehead atoms. The van der Waals surface area contributed by atoms with Gasteiger partial charge in [0.15, 0.2) is 0 Å². The van der Waals surface area contributed by atoms with Crippen LogP contribution in [0.15, 0.2) is 17.3 Å². The highest BCUT2D eigenvalue weighted by Gasteiger charge is 2.03. The van der Waals surface area contributed by atoms with E-state index in [2.05, 4.69) is 27.1 Å². The minimum absolute atomic E-state index is 0.131. The zero-order valence-electron chi connectivity index (χ0n) is 8.27. The fourth-order valence-corrected chi connectivity index (χ4v) is 2.89. The Morgan fingerprint density at radius 1 is 1.80 bits per heavy atom. The molecule has 0 aromatic carbocycles. The van der Waals surface area contributed by atoms with E-state index in [-0.39, 0.29) is 5.97 Å². The van der Waals surface area contributed by atoms with Gasteiger partial charge in [-0.05, 0) is 29.0 Å². The molecule has 0 aliphatic carbocycles. The number of hydrogen-bond donors (Lipinski definition) is 0. The van der Waals surface area contributed by atoms with Crippen molar-refractivity contribution in [2.75, 3.05) is 12.4 Å². The molecule has 0 N–H and O–H groups in total. The second-order valence-corrected chi connectivity index (χ2v) is 5.85.